The van der Waals surface area contributed by atoms with E-state index in [9.17, 15) is 8.42 Å². The summed E-state index contributed by atoms with van der Waals surface area (Å²) in [6, 6.07) is 9.07. The number of hydrogen-bond donors (Lipinski definition) is 0. The Bertz CT molecular complexity index is 1110. The Kier molecular flexibility index (Phi) is 4.54. The summed E-state index contributed by atoms with van der Waals surface area (Å²) in [5.74, 6) is 1.19. The van der Waals surface area contributed by atoms with Crippen molar-refractivity contribution in [3.63, 3.8) is 0 Å². The normalized spacial score (nSPS) is 15.9. The van der Waals surface area contributed by atoms with Gasteiger partial charge in [-0.25, -0.2) is 18.1 Å². The van der Waals surface area contributed by atoms with Crippen LogP contribution in [0.15, 0.2) is 42.7 Å². The molecule has 0 N–H and O–H groups in total. The van der Waals surface area contributed by atoms with Gasteiger partial charge in [0.25, 0.3) is 0 Å². The smallest absolute Gasteiger partial charge is 0.232 e. The maximum absolute atomic E-state index is 12.5. The van der Waals surface area contributed by atoms with Gasteiger partial charge in [-0.15, -0.1) is 0 Å². The minimum absolute atomic E-state index is 0.191. The molecule has 1 aliphatic rings. The average molecular weight is 399 g/mol. The standard InChI is InChI=1S/C19H21N5O3S/c1-13-18-11-17(27-19(18)22-14(2)21-13)12-24(28(3,25)26)16-7-4-6-15(10-16)23-9-5-8-20-23/h4-10,17H,11-12H2,1-3H3. The van der Waals surface area contributed by atoms with Crippen molar-refractivity contribution >= 4 is 15.7 Å². The highest BCUT2D eigenvalue weighted by Crippen LogP contribution is 2.30. The van der Waals surface area contributed by atoms with Crippen LogP contribution in [-0.4, -0.2) is 47.1 Å². The first-order chi connectivity index (χ1) is 13.3. The lowest BCUT2D eigenvalue weighted by molar-refractivity contribution is 0.234. The minimum Gasteiger partial charge on any atom is -0.472 e. The number of benzene rings is 1. The highest BCUT2D eigenvalue weighted by molar-refractivity contribution is 7.92. The van der Waals surface area contributed by atoms with E-state index in [1.807, 2.05) is 38.2 Å². The van der Waals surface area contributed by atoms with Crippen molar-refractivity contribution in [2.24, 2.45) is 0 Å². The third-order valence-electron chi connectivity index (χ3n) is 4.65. The molecule has 0 radical (unpaired) electrons. The molecule has 1 aliphatic heterocycles. The molecule has 146 valence electrons. The first-order valence-corrected chi connectivity index (χ1v) is 10.7. The van der Waals surface area contributed by atoms with Gasteiger partial charge in [-0.1, -0.05) is 6.07 Å². The molecule has 0 bridgehead atoms. The summed E-state index contributed by atoms with van der Waals surface area (Å²) in [7, 11) is -3.51. The first-order valence-electron chi connectivity index (χ1n) is 8.90. The molecule has 3 aromatic rings. The van der Waals surface area contributed by atoms with Gasteiger partial charge in [0, 0.05) is 30.1 Å². The summed E-state index contributed by atoms with van der Waals surface area (Å²) >= 11 is 0. The Morgan fingerprint density at radius 2 is 2.07 bits per heavy atom. The van der Waals surface area contributed by atoms with Crippen LogP contribution >= 0.6 is 0 Å². The molecule has 0 fully saturated rings. The molecule has 0 saturated heterocycles. The number of nitrogens with zero attached hydrogens (tertiary/aromatic N) is 5. The molecule has 8 nitrogen and oxygen atoms in total. The summed E-state index contributed by atoms with van der Waals surface area (Å²) in [5.41, 5.74) is 3.16. The summed E-state index contributed by atoms with van der Waals surface area (Å²) in [6.07, 6.45) is 4.94. The highest BCUT2D eigenvalue weighted by Gasteiger charge is 2.31. The average Bonchev–Trinajstić information content (AvgIpc) is 3.28. The van der Waals surface area contributed by atoms with Crippen molar-refractivity contribution in [3.8, 4) is 11.6 Å². The molecular formula is C19H21N5O3S. The number of rotatable bonds is 5. The van der Waals surface area contributed by atoms with Crippen molar-refractivity contribution in [2.75, 3.05) is 17.1 Å². The maximum atomic E-state index is 12.5. The Labute approximate surface area is 163 Å². The van der Waals surface area contributed by atoms with Crippen LogP contribution in [-0.2, 0) is 16.4 Å². The summed E-state index contributed by atoms with van der Waals surface area (Å²) < 4.78 is 34.1. The second-order valence-electron chi connectivity index (χ2n) is 6.85. The van der Waals surface area contributed by atoms with Gasteiger partial charge < -0.3 is 4.74 Å². The molecule has 28 heavy (non-hydrogen) atoms. The monoisotopic (exact) mass is 399 g/mol. The third-order valence-corrected chi connectivity index (χ3v) is 5.81. The van der Waals surface area contributed by atoms with Gasteiger partial charge in [0.05, 0.1) is 24.2 Å². The zero-order valence-electron chi connectivity index (χ0n) is 15.9. The van der Waals surface area contributed by atoms with E-state index in [0.717, 1.165) is 16.9 Å². The molecule has 2 aromatic heterocycles. The molecule has 3 heterocycles. The van der Waals surface area contributed by atoms with Crippen LogP contribution in [0, 0.1) is 13.8 Å². The van der Waals surface area contributed by atoms with Gasteiger partial charge in [0.15, 0.2) is 0 Å². The number of sulfonamides is 1. The van der Waals surface area contributed by atoms with Gasteiger partial charge in [-0.3, -0.25) is 4.31 Å². The van der Waals surface area contributed by atoms with Gasteiger partial charge in [-0.2, -0.15) is 10.1 Å². The van der Waals surface area contributed by atoms with E-state index in [-0.39, 0.29) is 12.6 Å². The van der Waals surface area contributed by atoms with E-state index in [1.54, 1.807) is 23.0 Å². The number of anilines is 1. The first kappa shape index (κ1) is 18.4. The zero-order chi connectivity index (χ0) is 19.9. The molecule has 0 spiro atoms. The maximum Gasteiger partial charge on any atom is 0.232 e. The number of ether oxygens (including phenoxy) is 1. The topological polar surface area (TPSA) is 90.2 Å². The summed E-state index contributed by atoms with van der Waals surface area (Å²) in [4.78, 5) is 8.72. The van der Waals surface area contributed by atoms with Crippen LogP contribution in [0.25, 0.3) is 5.69 Å². The fraction of sp³-hybridized carbons (Fsp3) is 0.316. The zero-order valence-corrected chi connectivity index (χ0v) is 16.7. The van der Waals surface area contributed by atoms with Crippen molar-refractivity contribution < 1.29 is 13.2 Å². The predicted molar refractivity (Wildman–Crippen MR) is 105 cm³/mol. The van der Waals surface area contributed by atoms with Crippen LogP contribution in [0.3, 0.4) is 0 Å². The second kappa shape index (κ2) is 6.90. The predicted octanol–water partition coefficient (Wildman–Crippen LogP) is 2.05. The van der Waals surface area contributed by atoms with Gasteiger partial charge in [-0.05, 0) is 38.1 Å². The lowest BCUT2D eigenvalue weighted by Gasteiger charge is -2.25. The molecular weight excluding hydrogens is 378 g/mol. The largest absolute Gasteiger partial charge is 0.472 e. The third kappa shape index (κ3) is 3.57. The van der Waals surface area contributed by atoms with E-state index in [2.05, 4.69) is 15.1 Å². The minimum atomic E-state index is -3.51. The van der Waals surface area contributed by atoms with Gasteiger partial charge >= 0.3 is 0 Å². The number of fused-ring (bicyclic) bond motifs is 1. The van der Waals surface area contributed by atoms with Crippen LogP contribution < -0.4 is 9.04 Å². The quantitative estimate of drug-likeness (QED) is 0.652. The van der Waals surface area contributed by atoms with Crippen LogP contribution in [0.5, 0.6) is 5.88 Å². The number of hydrogen-bond acceptors (Lipinski definition) is 6. The lowest BCUT2D eigenvalue weighted by atomic mass is 10.1. The van der Waals surface area contributed by atoms with Gasteiger partial charge in [0.1, 0.15) is 11.9 Å². The lowest BCUT2D eigenvalue weighted by Crippen LogP contribution is -2.38. The molecule has 0 saturated carbocycles. The molecule has 4 rings (SSSR count). The highest BCUT2D eigenvalue weighted by atomic mass is 32.2. The number of aromatic nitrogens is 4. The Morgan fingerprint density at radius 3 is 2.79 bits per heavy atom. The summed E-state index contributed by atoms with van der Waals surface area (Å²) in [5, 5.41) is 4.21. The molecule has 9 heteroatoms. The SMILES string of the molecule is Cc1nc(C)c2c(n1)OC(CN(c1cccc(-n3cccn3)c1)S(C)(=O)=O)C2. The Morgan fingerprint density at radius 1 is 1.25 bits per heavy atom. The van der Waals surface area contributed by atoms with E-state index in [0.29, 0.717) is 23.8 Å². The van der Waals surface area contributed by atoms with Crippen LogP contribution in [0.1, 0.15) is 17.1 Å². The molecule has 0 amide bonds. The van der Waals surface area contributed by atoms with Crippen molar-refractivity contribution in [2.45, 2.75) is 26.4 Å². The van der Waals surface area contributed by atoms with Gasteiger partial charge in [0.2, 0.25) is 15.9 Å². The van der Waals surface area contributed by atoms with E-state index >= 15 is 0 Å². The molecule has 1 unspecified atom stereocenters. The number of aryl methyl sites for hydroxylation is 2. The summed E-state index contributed by atoms with van der Waals surface area (Å²) in [6.45, 7) is 3.92. The Hall–Kier alpha value is -2.94. The van der Waals surface area contributed by atoms with Crippen molar-refractivity contribution in [3.05, 3.63) is 59.8 Å². The Balaban J connectivity index is 1.63. The molecule has 1 atom stereocenters. The van der Waals surface area contributed by atoms with Crippen LogP contribution in [0.4, 0.5) is 5.69 Å². The van der Waals surface area contributed by atoms with E-state index < -0.39 is 10.0 Å². The van der Waals surface area contributed by atoms with E-state index in [1.165, 1.54) is 10.6 Å². The van der Waals surface area contributed by atoms with Crippen molar-refractivity contribution in [1.82, 2.24) is 19.7 Å². The molecule has 1 aromatic carbocycles. The van der Waals surface area contributed by atoms with Crippen LogP contribution in [0.2, 0.25) is 0 Å². The van der Waals surface area contributed by atoms with Crippen molar-refractivity contribution in [1.29, 1.82) is 0 Å². The second-order valence-corrected chi connectivity index (χ2v) is 8.76. The van der Waals surface area contributed by atoms with E-state index in [4.69, 9.17) is 4.74 Å². The fourth-order valence-corrected chi connectivity index (χ4v) is 4.33. The fourth-order valence-electron chi connectivity index (χ4n) is 3.40. The molecule has 0 aliphatic carbocycles.